The van der Waals surface area contributed by atoms with Crippen LogP contribution in [0.3, 0.4) is 0 Å². The molecule has 1 aromatic carbocycles. The summed E-state index contributed by atoms with van der Waals surface area (Å²) in [6.45, 7) is 0.815. The van der Waals surface area contributed by atoms with Gasteiger partial charge in [-0.2, -0.15) is 5.26 Å². The van der Waals surface area contributed by atoms with Crippen LogP contribution in [-0.4, -0.2) is 12.6 Å². The Morgan fingerprint density at radius 1 is 1.29 bits per heavy atom. The fraction of sp³-hybridized carbons (Fsp3) is 0.417. The quantitative estimate of drug-likeness (QED) is 0.729. The normalized spacial score (nSPS) is 15.1. The third-order valence-corrected chi connectivity index (χ3v) is 2.72. The Labute approximate surface area is 84.6 Å². The van der Waals surface area contributed by atoms with Crippen LogP contribution < -0.4 is 5.32 Å². The Hall–Kier alpha value is -1.33. The minimum atomic E-state index is 0.542. The van der Waals surface area contributed by atoms with Gasteiger partial charge in [0.15, 0.2) is 0 Å². The highest BCUT2D eigenvalue weighted by Crippen LogP contribution is 2.21. The summed E-state index contributed by atoms with van der Waals surface area (Å²) in [7, 11) is 0. The lowest BCUT2D eigenvalue weighted by Crippen LogP contribution is -2.30. The largest absolute Gasteiger partial charge is 0.312 e. The van der Waals surface area contributed by atoms with Gasteiger partial charge in [-0.15, -0.1) is 0 Å². The van der Waals surface area contributed by atoms with Crippen molar-refractivity contribution in [2.45, 2.75) is 25.3 Å². The van der Waals surface area contributed by atoms with Crippen molar-refractivity contribution in [3.8, 4) is 6.07 Å². The predicted octanol–water partition coefficient (Wildman–Crippen LogP) is 1.66. The summed E-state index contributed by atoms with van der Waals surface area (Å²) < 4.78 is 0. The van der Waals surface area contributed by atoms with Crippen molar-refractivity contribution in [2.24, 2.45) is 0 Å². The summed E-state index contributed by atoms with van der Waals surface area (Å²) in [6, 6.07) is 11.3. The molecule has 2 nitrogen and oxygen atoms in total. The van der Waals surface area contributed by atoms with Gasteiger partial charge in [0.05, 0.1) is 6.07 Å². The Kier molecular flexibility index (Phi) is 2.81. The first kappa shape index (κ1) is 9.23. The molecule has 0 heterocycles. The van der Waals surface area contributed by atoms with E-state index in [1.807, 2.05) is 0 Å². The number of nitrogens with zero attached hydrogens (tertiary/aromatic N) is 1. The van der Waals surface area contributed by atoms with Gasteiger partial charge in [-0.1, -0.05) is 24.3 Å². The fourth-order valence-electron chi connectivity index (χ4n) is 2.04. The summed E-state index contributed by atoms with van der Waals surface area (Å²) in [5.74, 6) is 0. The van der Waals surface area contributed by atoms with Gasteiger partial charge in [0.1, 0.15) is 0 Å². The number of hydrogen-bond acceptors (Lipinski definition) is 2. The molecule has 14 heavy (non-hydrogen) atoms. The molecule has 72 valence electrons. The summed E-state index contributed by atoms with van der Waals surface area (Å²) in [5.41, 5.74) is 2.92. The van der Waals surface area contributed by atoms with E-state index in [-0.39, 0.29) is 0 Å². The standard InChI is InChI=1S/C12H14N2/c13-6-3-7-14-12-8-10-4-1-2-5-11(10)9-12/h1-2,4-5,12,14H,3,7-9H2. The van der Waals surface area contributed by atoms with Crippen molar-refractivity contribution in [3.05, 3.63) is 35.4 Å². The van der Waals surface area contributed by atoms with Gasteiger partial charge in [-0.25, -0.2) is 0 Å². The lowest BCUT2D eigenvalue weighted by atomic mass is 10.1. The van der Waals surface area contributed by atoms with Crippen molar-refractivity contribution in [1.29, 1.82) is 5.26 Å². The predicted molar refractivity (Wildman–Crippen MR) is 55.9 cm³/mol. The highest BCUT2D eigenvalue weighted by atomic mass is 14.9. The molecular weight excluding hydrogens is 172 g/mol. The molecule has 1 N–H and O–H groups in total. The second kappa shape index (κ2) is 4.26. The summed E-state index contributed by atoms with van der Waals surface area (Å²) in [6.07, 6.45) is 2.83. The van der Waals surface area contributed by atoms with E-state index in [2.05, 4.69) is 35.7 Å². The zero-order chi connectivity index (χ0) is 9.80. The molecular formula is C12H14N2. The molecule has 0 unspecified atom stereocenters. The van der Waals surface area contributed by atoms with Crippen LogP contribution >= 0.6 is 0 Å². The van der Waals surface area contributed by atoms with E-state index in [0.717, 1.165) is 19.4 Å². The monoisotopic (exact) mass is 186 g/mol. The number of hydrogen-bond donors (Lipinski definition) is 1. The molecule has 0 bridgehead atoms. The molecule has 1 aliphatic carbocycles. The number of rotatable bonds is 3. The first-order chi connectivity index (χ1) is 6.90. The second-order valence-electron chi connectivity index (χ2n) is 3.74. The van der Waals surface area contributed by atoms with Crippen molar-refractivity contribution in [3.63, 3.8) is 0 Å². The van der Waals surface area contributed by atoms with Gasteiger partial charge in [0.2, 0.25) is 0 Å². The summed E-state index contributed by atoms with van der Waals surface area (Å²) >= 11 is 0. The highest BCUT2D eigenvalue weighted by molar-refractivity contribution is 5.33. The third-order valence-electron chi connectivity index (χ3n) is 2.72. The Bertz CT molecular complexity index is 327. The van der Waals surface area contributed by atoms with Crippen molar-refractivity contribution in [2.75, 3.05) is 6.54 Å². The minimum absolute atomic E-state index is 0.542. The van der Waals surface area contributed by atoms with E-state index in [1.54, 1.807) is 0 Å². The molecule has 0 aliphatic heterocycles. The van der Waals surface area contributed by atoms with Gasteiger partial charge in [0.25, 0.3) is 0 Å². The highest BCUT2D eigenvalue weighted by Gasteiger charge is 2.19. The van der Waals surface area contributed by atoms with E-state index in [0.29, 0.717) is 12.5 Å². The van der Waals surface area contributed by atoms with Gasteiger partial charge < -0.3 is 5.32 Å². The summed E-state index contributed by atoms with van der Waals surface area (Å²) in [4.78, 5) is 0. The zero-order valence-electron chi connectivity index (χ0n) is 8.16. The average molecular weight is 186 g/mol. The maximum Gasteiger partial charge on any atom is 0.0635 e. The first-order valence-electron chi connectivity index (χ1n) is 5.07. The van der Waals surface area contributed by atoms with Gasteiger partial charge in [-0.05, 0) is 24.0 Å². The second-order valence-corrected chi connectivity index (χ2v) is 3.74. The van der Waals surface area contributed by atoms with E-state index in [4.69, 9.17) is 5.26 Å². The van der Waals surface area contributed by atoms with Crippen LogP contribution in [0.4, 0.5) is 0 Å². The number of nitriles is 1. The molecule has 2 rings (SSSR count). The molecule has 0 saturated carbocycles. The van der Waals surface area contributed by atoms with Crippen LogP contribution in [-0.2, 0) is 12.8 Å². The lowest BCUT2D eigenvalue weighted by molar-refractivity contribution is 0.541. The number of nitrogens with one attached hydrogen (secondary N) is 1. The average Bonchev–Trinajstić information content (AvgIpc) is 2.60. The fourth-order valence-corrected chi connectivity index (χ4v) is 2.04. The molecule has 0 amide bonds. The van der Waals surface area contributed by atoms with E-state index < -0.39 is 0 Å². The molecule has 0 saturated heterocycles. The Morgan fingerprint density at radius 3 is 2.50 bits per heavy atom. The maximum absolute atomic E-state index is 8.42. The van der Waals surface area contributed by atoms with Crippen molar-refractivity contribution >= 4 is 0 Å². The van der Waals surface area contributed by atoms with Crippen LogP contribution in [0.1, 0.15) is 17.5 Å². The third kappa shape index (κ3) is 1.94. The van der Waals surface area contributed by atoms with E-state index >= 15 is 0 Å². The van der Waals surface area contributed by atoms with Crippen molar-refractivity contribution in [1.82, 2.24) is 5.32 Å². The molecule has 0 atom stereocenters. The number of fused-ring (bicyclic) bond motifs is 1. The van der Waals surface area contributed by atoms with Gasteiger partial charge >= 0.3 is 0 Å². The van der Waals surface area contributed by atoms with Crippen LogP contribution in [0, 0.1) is 11.3 Å². The molecule has 0 spiro atoms. The van der Waals surface area contributed by atoms with E-state index in [9.17, 15) is 0 Å². The molecule has 0 radical (unpaired) electrons. The van der Waals surface area contributed by atoms with E-state index in [1.165, 1.54) is 11.1 Å². The van der Waals surface area contributed by atoms with Crippen molar-refractivity contribution < 1.29 is 0 Å². The first-order valence-corrected chi connectivity index (χ1v) is 5.07. The SMILES string of the molecule is N#CCCNC1Cc2ccccc2C1. The Balaban J connectivity index is 1.89. The van der Waals surface area contributed by atoms with Gasteiger partial charge in [-0.3, -0.25) is 0 Å². The molecule has 2 heteroatoms. The smallest absolute Gasteiger partial charge is 0.0635 e. The molecule has 0 aromatic heterocycles. The number of benzene rings is 1. The van der Waals surface area contributed by atoms with Crippen LogP contribution in [0.25, 0.3) is 0 Å². The topological polar surface area (TPSA) is 35.8 Å². The van der Waals surface area contributed by atoms with Gasteiger partial charge in [0, 0.05) is 19.0 Å². The molecule has 1 aliphatic rings. The molecule has 0 fully saturated rings. The summed E-state index contributed by atoms with van der Waals surface area (Å²) in [5, 5.41) is 11.8. The molecule has 1 aromatic rings. The van der Waals surface area contributed by atoms with Crippen LogP contribution in [0.2, 0.25) is 0 Å². The van der Waals surface area contributed by atoms with Crippen LogP contribution in [0.5, 0.6) is 0 Å². The zero-order valence-corrected chi connectivity index (χ0v) is 8.16. The maximum atomic E-state index is 8.42. The Morgan fingerprint density at radius 2 is 1.93 bits per heavy atom. The minimum Gasteiger partial charge on any atom is -0.312 e. The lowest BCUT2D eigenvalue weighted by Gasteiger charge is -2.09. The van der Waals surface area contributed by atoms with Crippen LogP contribution in [0.15, 0.2) is 24.3 Å².